The Labute approximate surface area is 208 Å². The number of hydrogen-bond acceptors (Lipinski definition) is 7. The summed E-state index contributed by atoms with van der Waals surface area (Å²) in [6.45, 7) is 1.85. The molecule has 172 valence electrons. The molecule has 2 amide bonds. The Kier molecular flexibility index (Phi) is 7.36. The minimum atomic E-state index is -0.392. The summed E-state index contributed by atoms with van der Waals surface area (Å²) >= 11 is 13.2. The van der Waals surface area contributed by atoms with E-state index in [-0.39, 0.29) is 12.3 Å². The summed E-state index contributed by atoms with van der Waals surface area (Å²) in [7, 11) is 0. The summed E-state index contributed by atoms with van der Waals surface area (Å²) in [6, 6.07) is 15.8. The normalized spacial score (nSPS) is 11.0. The lowest BCUT2D eigenvalue weighted by Gasteiger charge is -2.03. The second-order valence-electron chi connectivity index (χ2n) is 7.07. The van der Waals surface area contributed by atoms with E-state index in [0.29, 0.717) is 42.8 Å². The molecule has 2 aromatic carbocycles. The van der Waals surface area contributed by atoms with Gasteiger partial charge in [-0.2, -0.15) is 5.10 Å². The van der Waals surface area contributed by atoms with Gasteiger partial charge in [0.25, 0.3) is 5.91 Å². The molecule has 11 heteroatoms. The number of rotatable bonds is 7. The van der Waals surface area contributed by atoms with Crippen LogP contribution >= 0.6 is 34.5 Å². The molecule has 8 nitrogen and oxygen atoms in total. The van der Waals surface area contributed by atoms with Crippen molar-refractivity contribution in [2.45, 2.75) is 13.3 Å². The van der Waals surface area contributed by atoms with Crippen molar-refractivity contribution >= 4 is 57.7 Å². The van der Waals surface area contributed by atoms with Crippen LogP contribution in [0.25, 0.3) is 11.3 Å². The molecule has 0 bridgehead atoms. The van der Waals surface area contributed by atoms with Crippen LogP contribution in [0.4, 0.5) is 5.13 Å². The molecule has 0 aliphatic rings. The molecule has 0 saturated heterocycles. The molecule has 0 radical (unpaired) electrons. The zero-order valence-corrected chi connectivity index (χ0v) is 20.0. The van der Waals surface area contributed by atoms with E-state index >= 15 is 0 Å². The van der Waals surface area contributed by atoms with Gasteiger partial charge in [0.1, 0.15) is 16.5 Å². The van der Waals surface area contributed by atoms with Crippen molar-refractivity contribution in [2.24, 2.45) is 5.10 Å². The number of benzene rings is 2. The second-order valence-corrected chi connectivity index (χ2v) is 8.97. The standard InChI is InChI=1S/C23H17Cl2N5O3S/c1-13-4-2-3-5-16(13)22(32)27-23-30-29-21(34-23)11-20(31)28-26-12-15-7-9-19(33-15)17-8-6-14(24)10-18(17)25/h2-10,12H,11H2,1H3,(H,28,31)(H,27,30,32)/b26-12-. The van der Waals surface area contributed by atoms with Crippen molar-refractivity contribution in [1.82, 2.24) is 15.6 Å². The lowest BCUT2D eigenvalue weighted by molar-refractivity contribution is -0.120. The number of amides is 2. The molecular weight excluding hydrogens is 497 g/mol. The van der Waals surface area contributed by atoms with Gasteiger partial charge in [-0.25, -0.2) is 5.43 Å². The highest BCUT2D eigenvalue weighted by atomic mass is 35.5. The van der Waals surface area contributed by atoms with E-state index in [1.807, 2.05) is 19.1 Å². The van der Waals surface area contributed by atoms with E-state index in [2.05, 4.69) is 26.0 Å². The van der Waals surface area contributed by atoms with Crippen molar-refractivity contribution < 1.29 is 14.0 Å². The first-order chi connectivity index (χ1) is 16.4. The molecule has 0 aliphatic heterocycles. The minimum Gasteiger partial charge on any atom is -0.455 e. The van der Waals surface area contributed by atoms with E-state index in [1.165, 1.54) is 6.21 Å². The molecule has 2 aromatic heterocycles. The van der Waals surface area contributed by atoms with Crippen LogP contribution in [0, 0.1) is 6.92 Å². The Balaban J connectivity index is 1.30. The van der Waals surface area contributed by atoms with Crippen molar-refractivity contribution in [3.8, 4) is 11.3 Å². The van der Waals surface area contributed by atoms with Crippen LogP contribution < -0.4 is 10.7 Å². The average Bonchev–Trinajstić information content (AvgIpc) is 3.43. The number of nitrogens with zero attached hydrogens (tertiary/aromatic N) is 3. The van der Waals surface area contributed by atoms with Gasteiger partial charge in [0.2, 0.25) is 11.0 Å². The number of carbonyl (C=O) groups is 2. The Bertz CT molecular complexity index is 1380. The highest BCUT2D eigenvalue weighted by Gasteiger charge is 2.14. The third-order valence-corrected chi connectivity index (χ3v) is 5.98. The fourth-order valence-electron chi connectivity index (χ4n) is 2.97. The highest BCUT2D eigenvalue weighted by Crippen LogP contribution is 2.31. The number of hydrazone groups is 1. The van der Waals surface area contributed by atoms with Crippen LogP contribution in [0.3, 0.4) is 0 Å². The second kappa shape index (κ2) is 10.6. The molecule has 2 N–H and O–H groups in total. The van der Waals surface area contributed by atoms with E-state index in [9.17, 15) is 9.59 Å². The van der Waals surface area contributed by atoms with E-state index in [1.54, 1.807) is 42.5 Å². The number of nitrogens with one attached hydrogen (secondary N) is 2. The SMILES string of the molecule is Cc1ccccc1C(=O)Nc1nnc(CC(=O)N/N=C\c2ccc(-c3ccc(Cl)cc3Cl)o2)s1. The van der Waals surface area contributed by atoms with Crippen LogP contribution in [0.15, 0.2) is 64.1 Å². The summed E-state index contributed by atoms with van der Waals surface area (Å²) in [5, 5.41) is 16.2. The summed E-state index contributed by atoms with van der Waals surface area (Å²) in [5.41, 5.74) is 4.50. The zero-order chi connectivity index (χ0) is 24.1. The lowest BCUT2D eigenvalue weighted by Crippen LogP contribution is -2.19. The molecule has 0 fully saturated rings. The Hall–Kier alpha value is -3.53. The molecule has 0 saturated carbocycles. The van der Waals surface area contributed by atoms with E-state index in [4.69, 9.17) is 27.6 Å². The van der Waals surface area contributed by atoms with E-state index < -0.39 is 5.91 Å². The van der Waals surface area contributed by atoms with Gasteiger partial charge in [-0.15, -0.1) is 10.2 Å². The third-order valence-electron chi connectivity index (χ3n) is 4.59. The molecule has 4 rings (SSSR count). The Morgan fingerprint density at radius 2 is 1.94 bits per heavy atom. The van der Waals surface area contributed by atoms with Crippen molar-refractivity contribution in [1.29, 1.82) is 0 Å². The molecular formula is C23H17Cl2N5O3S. The number of furan rings is 1. The lowest BCUT2D eigenvalue weighted by atomic mass is 10.1. The molecule has 0 spiro atoms. The van der Waals surface area contributed by atoms with Crippen molar-refractivity contribution in [2.75, 3.05) is 5.32 Å². The number of carbonyl (C=O) groups excluding carboxylic acids is 2. The monoisotopic (exact) mass is 513 g/mol. The van der Waals surface area contributed by atoms with Gasteiger partial charge >= 0.3 is 0 Å². The fraction of sp³-hybridized carbons (Fsp3) is 0.0870. The molecule has 4 aromatic rings. The quantitative estimate of drug-likeness (QED) is 0.255. The predicted octanol–water partition coefficient (Wildman–Crippen LogP) is 5.36. The maximum atomic E-state index is 12.4. The first kappa shape index (κ1) is 23.6. The number of halogens is 2. The third kappa shape index (κ3) is 5.88. The topological polar surface area (TPSA) is 109 Å². The Morgan fingerprint density at radius 3 is 2.74 bits per heavy atom. The number of anilines is 1. The summed E-state index contributed by atoms with van der Waals surface area (Å²) in [5.74, 6) is 0.297. The van der Waals surface area contributed by atoms with Crippen LogP contribution in [0.2, 0.25) is 10.0 Å². The molecule has 34 heavy (non-hydrogen) atoms. The van der Waals surface area contributed by atoms with Gasteiger partial charge < -0.3 is 4.42 Å². The van der Waals surface area contributed by atoms with Gasteiger partial charge in [0, 0.05) is 16.1 Å². The van der Waals surface area contributed by atoms with Crippen LogP contribution in [0.5, 0.6) is 0 Å². The van der Waals surface area contributed by atoms with E-state index in [0.717, 1.165) is 16.9 Å². The van der Waals surface area contributed by atoms with Gasteiger partial charge in [0.15, 0.2) is 0 Å². The van der Waals surface area contributed by atoms with Gasteiger partial charge in [0.05, 0.1) is 17.7 Å². The molecule has 2 heterocycles. The smallest absolute Gasteiger partial charge is 0.257 e. The largest absolute Gasteiger partial charge is 0.455 e. The first-order valence-electron chi connectivity index (χ1n) is 9.95. The maximum Gasteiger partial charge on any atom is 0.257 e. The fourth-order valence-corrected chi connectivity index (χ4v) is 4.20. The van der Waals surface area contributed by atoms with Crippen LogP contribution in [-0.4, -0.2) is 28.2 Å². The summed E-state index contributed by atoms with van der Waals surface area (Å²) < 4.78 is 5.69. The van der Waals surface area contributed by atoms with Crippen molar-refractivity contribution in [3.63, 3.8) is 0 Å². The van der Waals surface area contributed by atoms with Gasteiger partial charge in [-0.1, -0.05) is 52.7 Å². The molecule has 0 unspecified atom stereocenters. The minimum absolute atomic E-state index is 0.0426. The Morgan fingerprint density at radius 1 is 1.12 bits per heavy atom. The average molecular weight is 514 g/mol. The first-order valence-corrected chi connectivity index (χ1v) is 11.5. The van der Waals surface area contributed by atoms with Gasteiger partial charge in [-0.05, 0) is 48.9 Å². The highest BCUT2D eigenvalue weighted by molar-refractivity contribution is 7.15. The summed E-state index contributed by atoms with van der Waals surface area (Å²) in [4.78, 5) is 24.5. The number of aromatic nitrogens is 2. The van der Waals surface area contributed by atoms with Crippen molar-refractivity contribution in [3.05, 3.63) is 86.5 Å². The summed E-state index contributed by atoms with van der Waals surface area (Å²) in [6.07, 6.45) is 1.33. The molecule has 0 aliphatic carbocycles. The number of hydrogen-bond donors (Lipinski definition) is 2. The predicted molar refractivity (Wildman–Crippen MR) is 133 cm³/mol. The number of aryl methyl sites for hydroxylation is 1. The molecule has 0 atom stereocenters. The zero-order valence-electron chi connectivity index (χ0n) is 17.7. The maximum absolute atomic E-state index is 12.4. The van der Waals surface area contributed by atoms with Crippen LogP contribution in [0.1, 0.15) is 26.7 Å². The van der Waals surface area contributed by atoms with Gasteiger partial charge in [-0.3, -0.25) is 14.9 Å². The van der Waals surface area contributed by atoms with Crippen LogP contribution in [-0.2, 0) is 11.2 Å².